The quantitative estimate of drug-likeness (QED) is 0.634. The predicted octanol–water partition coefficient (Wildman–Crippen LogP) is 3.69. The van der Waals surface area contributed by atoms with Crippen LogP contribution >= 0.6 is 0 Å². The second kappa shape index (κ2) is 5.90. The van der Waals surface area contributed by atoms with Gasteiger partial charge < -0.3 is 10.6 Å². The summed E-state index contributed by atoms with van der Waals surface area (Å²) in [4.78, 5) is 3.79. The molecule has 1 aromatic rings. The topological polar surface area (TPSA) is 36.4 Å². The number of benzene rings is 1. The fraction of sp³-hybridized carbons (Fsp3) is 0.312. The first-order valence-electron chi connectivity index (χ1n) is 6.73. The largest absolute Gasteiger partial charge is 0.353 e. The van der Waals surface area contributed by atoms with Crippen LogP contribution < -0.4 is 10.6 Å². The van der Waals surface area contributed by atoms with Gasteiger partial charge in [0.05, 0.1) is 17.7 Å². The molecule has 0 fully saturated rings. The molecule has 0 aliphatic heterocycles. The van der Waals surface area contributed by atoms with Crippen LogP contribution in [0.5, 0.6) is 0 Å². The van der Waals surface area contributed by atoms with Crippen molar-refractivity contribution in [2.45, 2.75) is 27.2 Å². The maximum atomic E-state index is 14.0. The molecule has 0 heterocycles. The van der Waals surface area contributed by atoms with Crippen molar-refractivity contribution in [2.24, 2.45) is 4.99 Å². The minimum atomic E-state index is -0.249. The van der Waals surface area contributed by atoms with Gasteiger partial charge in [0, 0.05) is 18.3 Å². The highest BCUT2D eigenvalue weighted by molar-refractivity contribution is 5.70. The summed E-state index contributed by atoms with van der Waals surface area (Å²) in [6.45, 7) is 6.03. The van der Waals surface area contributed by atoms with E-state index in [1.54, 1.807) is 7.05 Å². The second-order valence-electron chi connectivity index (χ2n) is 4.85. The number of rotatable bonds is 5. The van der Waals surface area contributed by atoms with E-state index in [1.165, 1.54) is 11.9 Å². The van der Waals surface area contributed by atoms with Crippen LogP contribution in [0.1, 0.15) is 25.0 Å². The predicted molar refractivity (Wildman–Crippen MR) is 82.6 cm³/mol. The smallest absolute Gasteiger partial charge is 0.170 e. The lowest BCUT2D eigenvalue weighted by atomic mass is 9.98. The molecule has 0 unspecified atom stereocenters. The molecule has 0 bridgehead atoms. The van der Waals surface area contributed by atoms with Crippen LogP contribution in [0.25, 0.3) is 0 Å². The Morgan fingerprint density at radius 2 is 2.00 bits per heavy atom. The zero-order valence-corrected chi connectivity index (χ0v) is 12.3. The average molecular weight is 273 g/mol. The molecule has 106 valence electrons. The van der Waals surface area contributed by atoms with E-state index in [2.05, 4.69) is 34.7 Å². The number of allylic oxidation sites excluding steroid dienone is 2. The average Bonchev–Trinajstić information content (AvgIpc) is 2.46. The van der Waals surface area contributed by atoms with Gasteiger partial charge in [-0.3, -0.25) is 4.99 Å². The summed E-state index contributed by atoms with van der Waals surface area (Å²) in [6.07, 6.45) is 2.48. The van der Waals surface area contributed by atoms with Crippen molar-refractivity contribution in [3.05, 3.63) is 52.1 Å². The highest BCUT2D eigenvalue weighted by Gasteiger charge is 2.26. The normalized spacial score (nSPS) is 14.8. The van der Waals surface area contributed by atoms with Crippen LogP contribution in [-0.2, 0) is 6.42 Å². The molecule has 0 amide bonds. The number of halogens is 1. The summed E-state index contributed by atoms with van der Waals surface area (Å²) in [5.41, 5.74) is 5.26. The number of hydrogen-bond donors (Lipinski definition) is 2. The summed E-state index contributed by atoms with van der Waals surface area (Å²) >= 11 is 0. The first kappa shape index (κ1) is 14.3. The summed E-state index contributed by atoms with van der Waals surface area (Å²) in [6, 6.07) is 6.19. The lowest BCUT2D eigenvalue weighted by molar-refractivity contribution is 0.614. The van der Waals surface area contributed by atoms with Gasteiger partial charge in [-0.05, 0) is 37.5 Å². The van der Waals surface area contributed by atoms with Gasteiger partial charge in [0.15, 0.2) is 5.83 Å². The van der Waals surface area contributed by atoms with E-state index >= 15 is 0 Å². The molecule has 2 rings (SSSR count). The molecule has 0 radical (unpaired) electrons. The van der Waals surface area contributed by atoms with Crippen LogP contribution in [0.4, 0.5) is 10.1 Å². The number of anilines is 1. The third-order valence-electron chi connectivity index (χ3n) is 3.49. The Hall–Kier alpha value is -2.10. The third-order valence-corrected chi connectivity index (χ3v) is 3.49. The van der Waals surface area contributed by atoms with Gasteiger partial charge in [-0.2, -0.15) is 0 Å². The van der Waals surface area contributed by atoms with Crippen LogP contribution in [-0.4, -0.2) is 13.4 Å². The van der Waals surface area contributed by atoms with E-state index in [4.69, 9.17) is 0 Å². The van der Waals surface area contributed by atoms with Crippen molar-refractivity contribution < 1.29 is 4.39 Å². The Bertz CT molecular complexity index is 612. The van der Waals surface area contributed by atoms with Gasteiger partial charge in [-0.1, -0.05) is 19.1 Å². The molecule has 0 aromatic heterocycles. The Kier molecular flexibility index (Phi) is 4.23. The second-order valence-corrected chi connectivity index (χ2v) is 4.85. The molecular weight excluding hydrogens is 253 g/mol. The number of aliphatic imine (C=N–C) groups is 1. The fourth-order valence-electron chi connectivity index (χ4n) is 2.19. The molecule has 0 atom stereocenters. The van der Waals surface area contributed by atoms with Gasteiger partial charge >= 0.3 is 0 Å². The van der Waals surface area contributed by atoms with E-state index in [0.29, 0.717) is 11.4 Å². The van der Waals surface area contributed by atoms with E-state index < -0.39 is 0 Å². The van der Waals surface area contributed by atoms with Gasteiger partial charge in [0.2, 0.25) is 0 Å². The van der Waals surface area contributed by atoms with Crippen LogP contribution in [0, 0.1) is 6.92 Å². The van der Waals surface area contributed by atoms with Crippen molar-refractivity contribution in [1.82, 2.24) is 5.32 Å². The van der Waals surface area contributed by atoms with E-state index in [-0.39, 0.29) is 5.83 Å². The van der Waals surface area contributed by atoms with Gasteiger partial charge in [0.25, 0.3) is 0 Å². The first-order chi connectivity index (χ1) is 9.58. The molecule has 20 heavy (non-hydrogen) atoms. The lowest BCUT2D eigenvalue weighted by Crippen LogP contribution is -2.24. The highest BCUT2D eigenvalue weighted by atomic mass is 19.1. The number of aryl methyl sites for hydroxylation is 2. The molecule has 3 nitrogen and oxygen atoms in total. The molecule has 2 N–H and O–H groups in total. The molecule has 1 aromatic carbocycles. The molecule has 4 heteroatoms. The molecule has 0 saturated heterocycles. The maximum absolute atomic E-state index is 14.0. The Balaban J connectivity index is 2.14. The molecule has 0 saturated carbocycles. The summed E-state index contributed by atoms with van der Waals surface area (Å²) in [5.74, 6) is -0.249. The van der Waals surface area contributed by atoms with Crippen molar-refractivity contribution in [1.29, 1.82) is 0 Å². The SMILES string of the molecule is CCc1ccc(NC2=C(C)C(NC=NC)=C2F)c(C)c1. The van der Waals surface area contributed by atoms with Crippen LogP contribution in [0.15, 0.2) is 46.0 Å². The maximum Gasteiger partial charge on any atom is 0.170 e. The minimum absolute atomic E-state index is 0.249. The van der Waals surface area contributed by atoms with Crippen molar-refractivity contribution >= 4 is 12.0 Å². The molecule has 0 spiro atoms. The van der Waals surface area contributed by atoms with Gasteiger partial charge in [-0.25, -0.2) is 4.39 Å². The van der Waals surface area contributed by atoms with Crippen LogP contribution in [0.2, 0.25) is 0 Å². The van der Waals surface area contributed by atoms with Crippen molar-refractivity contribution in [3.63, 3.8) is 0 Å². The molecular formula is C16H20FN3. The fourth-order valence-corrected chi connectivity index (χ4v) is 2.19. The van der Waals surface area contributed by atoms with E-state index in [9.17, 15) is 4.39 Å². The Labute approximate surface area is 119 Å². The van der Waals surface area contributed by atoms with Gasteiger partial charge in [0.1, 0.15) is 0 Å². The number of nitrogens with zero attached hydrogens (tertiary/aromatic N) is 1. The van der Waals surface area contributed by atoms with Crippen molar-refractivity contribution in [3.8, 4) is 0 Å². The zero-order valence-electron chi connectivity index (χ0n) is 12.3. The summed E-state index contributed by atoms with van der Waals surface area (Å²) in [5, 5.41) is 6.00. The highest BCUT2D eigenvalue weighted by Crippen LogP contribution is 2.35. The van der Waals surface area contributed by atoms with E-state index in [1.807, 2.05) is 19.9 Å². The Morgan fingerprint density at radius 3 is 2.55 bits per heavy atom. The molecule has 1 aliphatic carbocycles. The van der Waals surface area contributed by atoms with Gasteiger partial charge in [-0.15, -0.1) is 0 Å². The zero-order chi connectivity index (χ0) is 14.7. The lowest BCUT2D eigenvalue weighted by Gasteiger charge is -2.25. The number of nitrogens with one attached hydrogen (secondary N) is 2. The third kappa shape index (κ3) is 2.59. The monoisotopic (exact) mass is 273 g/mol. The Morgan fingerprint density at radius 1 is 1.25 bits per heavy atom. The standard InChI is InChI=1S/C16H20FN3/c1-5-12-6-7-13(10(2)8-12)20-16-11(3)15(14(16)17)19-9-18-4/h6-9,20H,5H2,1-4H3,(H,18,19). The summed E-state index contributed by atoms with van der Waals surface area (Å²) < 4.78 is 14.0. The minimum Gasteiger partial charge on any atom is -0.353 e. The van der Waals surface area contributed by atoms with Crippen LogP contribution in [0.3, 0.4) is 0 Å². The summed E-state index contributed by atoms with van der Waals surface area (Å²) in [7, 11) is 1.64. The first-order valence-corrected chi connectivity index (χ1v) is 6.73. The van der Waals surface area contributed by atoms with E-state index in [0.717, 1.165) is 23.2 Å². The van der Waals surface area contributed by atoms with Crippen molar-refractivity contribution in [2.75, 3.05) is 12.4 Å². The number of hydrogen-bond acceptors (Lipinski definition) is 2. The molecule has 1 aliphatic rings.